The molecular formula is C11H10N2O. The van der Waals surface area contributed by atoms with Crippen LogP contribution in [-0.4, -0.2) is 17.1 Å². The average Bonchev–Trinajstić information content (AvgIpc) is 2.30. The first-order chi connectivity index (χ1) is 6.92. The van der Waals surface area contributed by atoms with E-state index < -0.39 is 0 Å². The summed E-state index contributed by atoms with van der Waals surface area (Å²) in [5, 5.41) is 0. The lowest BCUT2D eigenvalue weighted by Crippen LogP contribution is -1.91. The Morgan fingerprint density at radius 3 is 2.43 bits per heavy atom. The summed E-state index contributed by atoms with van der Waals surface area (Å²) < 4.78 is 5.22. The standard InChI is InChI=1S/C11H10N2O/c1-14-10-6-3-2-5-9(10)11-12-7-4-8-13-11/h2-8H,1H3. The molecule has 0 atom stereocenters. The number of hydrogen-bond acceptors (Lipinski definition) is 3. The van der Waals surface area contributed by atoms with Crippen LogP contribution in [0.25, 0.3) is 11.4 Å². The molecule has 0 aliphatic carbocycles. The topological polar surface area (TPSA) is 35.0 Å². The predicted octanol–water partition coefficient (Wildman–Crippen LogP) is 2.15. The number of rotatable bonds is 2. The van der Waals surface area contributed by atoms with Gasteiger partial charge < -0.3 is 4.74 Å². The summed E-state index contributed by atoms with van der Waals surface area (Å²) in [4.78, 5) is 8.33. The summed E-state index contributed by atoms with van der Waals surface area (Å²) in [6, 6.07) is 9.48. The monoisotopic (exact) mass is 186 g/mol. The van der Waals surface area contributed by atoms with E-state index in [1.54, 1.807) is 25.6 Å². The highest BCUT2D eigenvalue weighted by Gasteiger charge is 2.05. The van der Waals surface area contributed by atoms with E-state index >= 15 is 0 Å². The molecule has 1 aromatic carbocycles. The highest BCUT2D eigenvalue weighted by molar-refractivity contribution is 5.63. The van der Waals surface area contributed by atoms with Crippen LogP contribution in [0.3, 0.4) is 0 Å². The van der Waals surface area contributed by atoms with Crippen molar-refractivity contribution in [2.24, 2.45) is 0 Å². The normalized spacial score (nSPS) is 9.79. The number of methoxy groups -OCH3 is 1. The molecule has 0 N–H and O–H groups in total. The minimum absolute atomic E-state index is 0.685. The van der Waals surface area contributed by atoms with Gasteiger partial charge in [0.15, 0.2) is 5.82 Å². The van der Waals surface area contributed by atoms with Crippen LogP contribution in [0.1, 0.15) is 0 Å². The number of ether oxygens (including phenoxy) is 1. The Kier molecular flexibility index (Phi) is 2.40. The molecule has 14 heavy (non-hydrogen) atoms. The van der Waals surface area contributed by atoms with E-state index in [0.717, 1.165) is 11.3 Å². The average molecular weight is 186 g/mol. The van der Waals surface area contributed by atoms with Crippen LogP contribution in [0, 0.1) is 0 Å². The molecule has 0 fully saturated rings. The van der Waals surface area contributed by atoms with Crippen molar-refractivity contribution in [3.8, 4) is 17.1 Å². The minimum atomic E-state index is 0.685. The first-order valence-corrected chi connectivity index (χ1v) is 4.32. The summed E-state index contributed by atoms with van der Waals surface area (Å²) in [7, 11) is 1.64. The van der Waals surface area contributed by atoms with Gasteiger partial charge in [-0.15, -0.1) is 0 Å². The number of para-hydroxylation sites is 1. The molecule has 0 spiro atoms. The maximum Gasteiger partial charge on any atom is 0.162 e. The van der Waals surface area contributed by atoms with Gasteiger partial charge in [-0.3, -0.25) is 0 Å². The Bertz CT molecular complexity index is 415. The predicted molar refractivity (Wildman–Crippen MR) is 54.0 cm³/mol. The van der Waals surface area contributed by atoms with Gasteiger partial charge in [-0.05, 0) is 18.2 Å². The van der Waals surface area contributed by atoms with E-state index in [9.17, 15) is 0 Å². The summed E-state index contributed by atoms with van der Waals surface area (Å²) in [5.41, 5.74) is 0.913. The van der Waals surface area contributed by atoms with Gasteiger partial charge in [0, 0.05) is 12.4 Å². The molecule has 0 radical (unpaired) electrons. The van der Waals surface area contributed by atoms with Gasteiger partial charge in [0.25, 0.3) is 0 Å². The SMILES string of the molecule is COc1ccccc1-c1ncccn1. The van der Waals surface area contributed by atoms with E-state index in [1.807, 2.05) is 24.3 Å². The van der Waals surface area contributed by atoms with Gasteiger partial charge in [0.05, 0.1) is 12.7 Å². The molecule has 0 saturated heterocycles. The summed E-state index contributed by atoms with van der Waals surface area (Å²) in [6.07, 6.45) is 3.43. The molecule has 1 heterocycles. The van der Waals surface area contributed by atoms with E-state index in [-0.39, 0.29) is 0 Å². The van der Waals surface area contributed by atoms with Gasteiger partial charge in [-0.2, -0.15) is 0 Å². The van der Waals surface area contributed by atoms with Crippen LogP contribution >= 0.6 is 0 Å². The summed E-state index contributed by atoms with van der Waals surface area (Å²) >= 11 is 0. The highest BCUT2D eigenvalue weighted by atomic mass is 16.5. The van der Waals surface area contributed by atoms with Crippen LogP contribution in [-0.2, 0) is 0 Å². The zero-order chi connectivity index (χ0) is 9.80. The van der Waals surface area contributed by atoms with Crippen LogP contribution in [0.5, 0.6) is 5.75 Å². The molecule has 2 rings (SSSR count). The lowest BCUT2D eigenvalue weighted by molar-refractivity contribution is 0.416. The molecule has 2 aromatic rings. The van der Waals surface area contributed by atoms with Crippen molar-refractivity contribution >= 4 is 0 Å². The van der Waals surface area contributed by atoms with Crippen LogP contribution in [0.15, 0.2) is 42.7 Å². The Labute approximate surface area is 82.4 Å². The molecule has 70 valence electrons. The fourth-order valence-electron chi connectivity index (χ4n) is 1.27. The van der Waals surface area contributed by atoms with E-state index in [1.165, 1.54) is 0 Å². The lowest BCUT2D eigenvalue weighted by Gasteiger charge is -2.05. The minimum Gasteiger partial charge on any atom is -0.496 e. The lowest BCUT2D eigenvalue weighted by atomic mass is 10.2. The van der Waals surface area contributed by atoms with Crippen molar-refractivity contribution in [3.63, 3.8) is 0 Å². The molecule has 0 aliphatic rings. The van der Waals surface area contributed by atoms with Crippen molar-refractivity contribution in [2.45, 2.75) is 0 Å². The number of benzene rings is 1. The molecule has 1 aromatic heterocycles. The van der Waals surface area contributed by atoms with Crippen LogP contribution in [0.2, 0.25) is 0 Å². The van der Waals surface area contributed by atoms with E-state index in [0.29, 0.717) is 5.82 Å². The molecular weight excluding hydrogens is 176 g/mol. The van der Waals surface area contributed by atoms with Gasteiger partial charge in [0.1, 0.15) is 5.75 Å². The van der Waals surface area contributed by atoms with Crippen molar-refractivity contribution in [2.75, 3.05) is 7.11 Å². The first-order valence-electron chi connectivity index (χ1n) is 4.32. The molecule has 0 aliphatic heterocycles. The molecule has 0 amide bonds. The van der Waals surface area contributed by atoms with Crippen LogP contribution < -0.4 is 4.74 Å². The summed E-state index contributed by atoms with van der Waals surface area (Å²) in [5.74, 6) is 1.48. The van der Waals surface area contributed by atoms with Gasteiger partial charge in [0.2, 0.25) is 0 Å². The summed E-state index contributed by atoms with van der Waals surface area (Å²) in [6.45, 7) is 0. The van der Waals surface area contributed by atoms with Crippen molar-refractivity contribution < 1.29 is 4.74 Å². The number of aromatic nitrogens is 2. The third-order valence-electron chi connectivity index (χ3n) is 1.91. The van der Waals surface area contributed by atoms with Gasteiger partial charge in [-0.1, -0.05) is 12.1 Å². The molecule has 0 bridgehead atoms. The molecule has 0 unspecified atom stereocenters. The van der Waals surface area contributed by atoms with E-state index in [2.05, 4.69) is 9.97 Å². The second-order valence-corrected chi connectivity index (χ2v) is 2.77. The molecule has 0 saturated carbocycles. The van der Waals surface area contributed by atoms with E-state index in [4.69, 9.17) is 4.74 Å². The maximum absolute atomic E-state index is 5.22. The zero-order valence-corrected chi connectivity index (χ0v) is 7.84. The highest BCUT2D eigenvalue weighted by Crippen LogP contribution is 2.25. The largest absolute Gasteiger partial charge is 0.496 e. The number of hydrogen-bond donors (Lipinski definition) is 0. The third-order valence-corrected chi connectivity index (χ3v) is 1.91. The Balaban J connectivity index is 2.51. The maximum atomic E-state index is 5.22. The van der Waals surface area contributed by atoms with Gasteiger partial charge in [-0.25, -0.2) is 9.97 Å². The Morgan fingerprint density at radius 2 is 1.71 bits per heavy atom. The molecule has 3 heteroatoms. The fraction of sp³-hybridized carbons (Fsp3) is 0.0909. The second-order valence-electron chi connectivity index (χ2n) is 2.77. The smallest absolute Gasteiger partial charge is 0.162 e. The van der Waals surface area contributed by atoms with Crippen molar-refractivity contribution in [1.29, 1.82) is 0 Å². The zero-order valence-electron chi connectivity index (χ0n) is 7.84. The quantitative estimate of drug-likeness (QED) is 0.720. The third kappa shape index (κ3) is 1.57. The number of nitrogens with zero attached hydrogens (tertiary/aromatic N) is 2. The van der Waals surface area contributed by atoms with Crippen molar-refractivity contribution in [1.82, 2.24) is 9.97 Å². The Morgan fingerprint density at radius 1 is 1.00 bits per heavy atom. The van der Waals surface area contributed by atoms with Crippen LogP contribution in [0.4, 0.5) is 0 Å². The molecule has 3 nitrogen and oxygen atoms in total. The second kappa shape index (κ2) is 3.87. The Hall–Kier alpha value is -1.90. The first kappa shape index (κ1) is 8.69. The van der Waals surface area contributed by atoms with Gasteiger partial charge >= 0.3 is 0 Å². The van der Waals surface area contributed by atoms with Crippen molar-refractivity contribution in [3.05, 3.63) is 42.7 Å². The fourth-order valence-corrected chi connectivity index (χ4v) is 1.27.